The third kappa shape index (κ3) is 6.99. The Labute approximate surface area is 215 Å². The third-order valence-electron chi connectivity index (χ3n) is 5.30. The Morgan fingerprint density at radius 1 is 0.784 bits per heavy atom. The highest BCUT2D eigenvalue weighted by Gasteiger charge is 2.42. The zero-order valence-corrected chi connectivity index (χ0v) is 20.8. The van der Waals surface area contributed by atoms with Crippen LogP contribution in [0.15, 0.2) is 115 Å². The van der Waals surface area contributed by atoms with Crippen LogP contribution in [0.1, 0.15) is 22.5 Å². The molecule has 1 atom stereocenters. The van der Waals surface area contributed by atoms with Gasteiger partial charge in [-0.25, -0.2) is 9.36 Å². The Kier molecular flexibility index (Phi) is 8.23. The molecular formula is C28H27N3O5P+. The quantitative estimate of drug-likeness (QED) is 0.163. The van der Waals surface area contributed by atoms with E-state index >= 15 is 0 Å². The molecule has 8 nitrogen and oxygen atoms in total. The molecule has 4 aromatic rings. The van der Waals surface area contributed by atoms with Crippen molar-refractivity contribution >= 4 is 19.5 Å². The molecule has 1 unspecified atom stereocenters. The van der Waals surface area contributed by atoms with Crippen molar-refractivity contribution in [3.63, 3.8) is 0 Å². The summed E-state index contributed by atoms with van der Waals surface area (Å²) in [5, 5.41) is 8.40. The molecule has 9 heteroatoms. The Balaban J connectivity index is 1.69. The Hall–Kier alpha value is -4.55. The molecule has 4 aromatic carbocycles. The van der Waals surface area contributed by atoms with Crippen molar-refractivity contribution in [2.75, 3.05) is 0 Å². The predicted molar refractivity (Wildman–Crippen MR) is 141 cm³/mol. The smallest absolute Gasteiger partial charge is 0.445 e. The maximum absolute atomic E-state index is 14.5. The molecule has 1 amide bonds. The van der Waals surface area contributed by atoms with Crippen molar-refractivity contribution in [1.29, 1.82) is 0 Å². The Bertz CT molecular complexity index is 1320. The molecule has 0 radical (unpaired) electrons. The molecule has 188 valence electrons. The Morgan fingerprint density at radius 2 is 1.27 bits per heavy atom. The highest BCUT2D eigenvalue weighted by atomic mass is 31.2. The normalized spacial score (nSPS) is 11.7. The van der Waals surface area contributed by atoms with Crippen LogP contribution < -0.4 is 25.5 Å². The highest BCUT2D eigenvalue weighted by Crippen LogP contribution is 2.59. The summed E-state index contributed by atoms with van der Waals surface area (Å²) in [5.41, 5.74) is 7.53. The number of benzene rings is 4. The van der Waals surface area contributed by atoms with E-state index in [0.717, 1.165) is 5.56 Å². The van der Waals surface area contributed by atoms with E-state index in [4.69, 9.17) is 24.9 Å². The van der Waals surface area contributed by atoms with Gasteiger partial charge in [-0.3, -0.25) is 11.1 Å². The molecule has 5 N–H and O–H groups in total. The van der Waals surface area contributed by atoms with E-state index in [1.165, 1.54) is 0 Å². The van der Waals surface area contributed by atoms with Crippen LogP contribution in [0.2, 0.25) is 0 Å². The van der Waals surface area contributed by atoms with E-state index in [1.54, 1.807) is 84.9 Å². The number of hydrogen-bond donors (Lipinski definition) is 3. The van der Waals surface area contributed by atoms with Gasteiger partial charge in [0.1, 0.15) is 18.1 Å². The average Bonchev–Trinajstić information content (AvgIpc) is 2.92. The zero-order valence-electron chi connectivity index (χ0n) is 19.9. The summed E-state index contributed by atoms with van der Waals surface area (Å²) in [5.74, 6) is -0.489. The summed E-state index contributed by atoms with van der Waals surface area (Å²) in [4.78, 5) is 12.9. The summed E-state index contributed by atoms with van der Waals surface area (Å²) >= 11 is 0. The number of carbonyl (C=O) groups excluding carboxylic acids is 1. The maximum Gasteiger partial charge on any atom is 0.457 e. The van der Waals surface area contributed by atoms with Gasteiger partial charge in [0.2, 0.25) is 0 Å². The monoisotopic (exact) mass is 516 g/mol. The number of nitrogens with one attached hydrogen (secondary N) is 1. The van der Waals surface area contributed by atoms with E-state index in [0.29, 0.717) is 22.6 Å². The van der Waals surface area contributed by atoms with Gasteiger partial charge in [-0.05, 0) is 47.5 Å². The first-order chi connectivity index (χ1) is 17.9. The fraction of sp³-hybridized carbons (Fsp3) is 0.0714. The van der Waals surface area contributed by atoms with E-state index in [2.05, 4.69) is 5.32 Å². The van der Waals surface area contributed by atoms with Crippen LogP contribution >= 0.6 is 7.60 Å². The van der Waals surface area contributed by atoms with Gasteiger partial charge in [0.05, 0.1) is 5.56 Å². The number of ether oxygens (including phenoxy) is 1. The standard InChI is InChI=1S/C28H26N3O5P/c29-26(30)22-16-18-23(19-17-22)27(31-28(32)34-20-21-10-4-1-5-11-21)37(33,35-24-12-6-2-7-13-24)36-25-14-8-3-9-15-25/h1-19,27H,20H2,(H3,29,30)(H,31,32)/p+1. The molecule has 0 aliphatic rings. The lowest BCUT2D eigenvalue weighted by molar-refractivity contribution is -0.114. The molecule has 0 heterocycles. The van der Waals surface area contributed by atoms with Crippen LogP contribution in [0, 0.1) is 0 Å². The molecule has 0 saturated heterocycles. The van der Waals surface area contributed by atoms with Crippen LogP contribution in [0.5, 0.6) is 11.5 Å². The summed E-state index contributed by atoms with van der Waals surface area (Å²) in [6.07, 6.45) is -0.795. The number of rotatable bonds is 10. The van der Waals surface area contributed by atoms with Gasteiger partial charge < -0.3 is 19.1 Å². The van der Waals surface area contributed by atoms with Crippen molar-refractivity contribution in [2.45, 2.75) is 12.4 Å². The Morgan fingerprint density at radius 3 is 1.76 bits per heavy atom. The van der Waals surface area contributed by atoms with Crippen molar-refractivity contribution in [2.24, 2.45) is 5.73 Å². The first-order valence-electron chi connectivity index (χ1n) is 11.5. The zero-order chi connectivity index (χ0) is 26.1. The average molecular weight is 517 g/mol. The van der Waals surface area contributed by atoms with Gasteiger partial charge >= 0.3 is 13.7 Å². The molecule has 0 bridgehead atoms. The molecule has 0 aliphatic carbocycles. The number of amides is 1. The molecule has 0 aliphatic heterocycles. The van der Waals surface area contributed by atoms with Gasteiger partial charge in [-0.1, -0.05) is 78.9 Å². The first-order valence-corrected chi connectivity index (χ1v) is 13.1. The largest absolute Gasteiger partial charge is 0.457 e. The van der Waals surface area contributed by atoms with E-state index < -0.39 is 19.5 Å². The number of alkyl carbamates (subject to hydrolysis) is 1. The van der Waals surface area contributed by atoms with Gasteiger partial charge in [0.15, 0.2) is 5.78 Å². The number of hydrogen-bond acceptors (Lipinski definition) is 5. The lowest BCUT2D eigenvalue weighted by atomic mass is 10.1. The molecule has 37 heavy (non-hydrogen) atoms. The number of para-hydroxylation sites is 2. The van der Waals surface area contributed by atoms with Gasteiger partial charge in [0, 0.05) is 0 Å². The minimum absolute atomic E-state index is 0.0282. The second-order valence-corrected chi connectivity index (χ2v) is 10.00. The van der Waals surface area contributed by atoms with Crippen molar-refractivity contribution in [3.05, 3.63) is 132 Å². The van der Waals surface area contributed by atoms with Crippen LogP contribution in [0.4, 0.5) is 4.79 Å². The topological polar surface area (TPSA) is 125 Å². The summed E-state index contributed by atoms with van der Waals surface area (Å²) in [6, 6.07) is 33.0. The second kappa shape index (κ2) is 11.9. The first kappa shape index (κ1) is 25.5. The second-order valence-electron chi connectivity index (χ2n) is 8.03. The van der Waals surface area contributed by atoms with E-state index in [1.807, 2.05) is 30.3 Å². The molecule has 0 aromatic heterocycles. The van der Waals surface area contributed by atoms with Crippen molar-refractivity contribution < 1.29 is 28.6 Å². The van der Waals surface area contributed by atoms with Crippen LogP contribution in [0.25, 0.3) is 0 Å². The molecule has 4 rings (SSSR count). The minimum atomic E-state index is -4.16. The van der Waals surface area contributed by atoms with Gasteiger partial charge in [-0.2, -0.15) is 0 Å². The van der Waals surface area contributed by atoms with Crippen LogP contribution in [0.3, 0.4) is 0 Å². The SMILES string of the molecule is NC(=[NH2+])c1ccc(C(NC(=O)OCc2ccccc2)P(=O)(Oc2ccccc2)Oc2ccccc2)cc1. The number of nitrogens with two attached hydrogens (primary N) is 2. The van der Waals surface area contributed by atoms with Gasteiger partial charge in [-0.15, -0.1) is 0 Å². The lowest BCUT2D eigenvalue weighted by Gasteiger charge is -2.28. The predicted octanol–water partition coefficient (Wildman–Crippen LogP) is 4.43. The van der Waals surface area contributed by atoms with Crippen LogP contribution in [-0.2, 0) is 15.9 Å². The summed E-state index contributed by atoms with van der Waals surface area (Å²) in [6.45, 7) is 0.0282. The van der Waals surface area contributed by atoms with E-state index in [9.17, 15) is 9.36 Å². The van der Waals surface area contributed by atoms with E-state index in [-0.39, 0.29) is 12.4 Å². The van der Waals surface area contributed by atoms with Crippen molar-refractivity contribution in [1.82, 2.24) is 5.32 Å². The van der Waals surface area contributed by atoms with Gasteiger partial charge in [0.25, 0.3) is 5.84 Å². The number of carbonyl (C=O) groups is 1. The summed E-state index contributed by atoms with van der Waals surface area (Å²) in [7, 11) is -4.16. The highest BCUT2D eigenvalue weighted by molar-refractivity contribution is 7.55. The minimum Gasteiger partial charge on any atom is -0.445 e. The van der Waals surface area contributed by atoms with Crippen molar-refractivity contribution in [3.8, 4) is 11.5 Å². The molecule has 0 spiro atoms. The fourth-order valence-electron chi connectivity index (χ4n) is 3.46. The van der Waals surface area contributed by atoms with Crippen LogP contribution in [-0.4, -0.2) is 11.9 Å². The fourth-order valence-corrected chi connectivity index (χ4v) is 5.34. The molecular weight excluding hydrogens is 489 g/mol. The molecule has 0 saturated carbocycles. The number of amidine groups is 1. The lowest BCUT2D eigenvalue weighted by Crippen LogP contribution is -2.46. The third-order valence-corrected chi connectivity index (χ3v) is 7.29. The molecule has 0 fully saturated rings. The summed E-state index contributed by atoms with van der Waals surface area (Å²) < 4.78 is 31.9. The maximum atomic E-state index is 14.5.